The molecule has 0 saturated carbocycles. The van der Waals surface area contributed by atoms with E-state index in [0.717, 1.165) is 48.9 Å². The van der Waals surface area contributed by atoms with Crippen LogP contribution in [-0.4, -0.2) is 51.7 Å². The molecule has 7 heteroatoms. The first-order valence-corrected chi connectivity index (χ1v) is 11.6. The number of thiophene rings is 1. The highest BCUT2D eigenvalue weighted by Gasteiger charge is 2.23. The lowest BCUT2D eigenvalue weighted by Crippen LogP contribution is -2.48. The highest BCUT2D eigenvalue weighted by molar-refractivity contribution is 7.12. The first-order chi connectivity index (χ1) is 15.0. The van der Waals surface area contributed by atoms with Crippen molar-refractivity contribution < 1.29 is 9.53 Å². The molecular formula is C24H30N4O2S. The number of carbonyl (C=O) groups is 1. The molecule has 0 radical (unpaired) electrons. The SMILES string of the molecule is CC(C)c1ccc(OCc2csc(C(=O)N3CCN(Cc4cnn(C)c4)CC3)c2)cc1. The van der Waals surface area contributed by atoms with E-state index in [4.69, 9.17) is 4.74 Å². The molecule has 164 valence electrons. The molecule has 0 bridgehead atoms. The minimum absolute atomic E-state index is 0.124. The quantitative estimate of drug-likeness (QED) is 0.556. The van der Waals surface area contributed by atoms with Gasteiger partial charge in [-0.25, -0.2) is 0 Å². The van der Waals surface area contributed by atoms with E-state index in [0.29, 0.717) is 12.5 Å². The molecule has 3 heterocycles. The number of aromatic nitrogens is 2. The number of aryl methyl sites for hydroxylation is 1. The molecule has 3 aromatic rings. The van der Waals surface area contributed by atoms with E-state index in [9.17, 15) is 4.79 Å². The first-order valence-electron chi connectivity index (χ1n) is 10.8. The lowest BCUT2D eigenvalue weighted by molar-refractivity contribution is 0.0633. The molecule has 31 heavy (non-hydrogen) atoms. The van der Waals surface area contributed by atoms with Gasteiger partial charge in [0.15, 0.2) is 0 Å². The van der Waals surface area contributed by atoms with E-state index in [1.54, 1.807) is 0 Å². The normalized spacial score (nSPS) is 14.9. The number of amides is 1. The van der Waals surface area contributed by atoms with Crippen molar-refractivity contribution in [3.05, 3.63) is 69.7 Å². The van der Waals surface area contributed by atoms with Crippen molar-refractivity contribution in [3.8, 4) is 5.75 Å². The molecule has 4 rings (SSSR count). The number of carbonyl (C=O) groups excluding carboxylic acids is 1. The van der Waals surface area contributed by atoms with E-state index in [2.05, 4.69) is 36.0 Å². The highest BCUT2D eigenvalue weighted by Crippen LogP contribution is 2.22. The zero-order valence-corrected chi connectivity index (χ0v) is 19.3. The number of ether oxygens (including phenoxy) is 1. The standard InChI is InChI=1S/C24H30N4O2S/c1-18(2)21-4-6-22(7-5-21)30-16-19-12-23(31-17-19)24(29)28-10-8-27(9-11-28)15-20-13-25-26(3)14-20/h4-7,12-14,17-18H,8-11,15-16H2,1-3H3. The second kappa shape index (κ2) is 9.66. The molecule has 1 fully saturated rings. The van der Waals surface area contributed by atoms with Gasteiger partial charge >= 0.3 is 0 Å². The minimum Gasteiger partial charge on any atom is -0.489 e. The summed E-state index contributed by atoms with van der Waals surface area (Å²) in [6.07, 6.45) is 3.96. The summed E-state index contributed by atoms with van der Waals surface area (Å²) in [5, 5.41) is 6.25. The molecule has 6 nitrogen and oxygen atoms in total. The maximum Gasteiger partial charge on any atom is 0.264 e. The lowest BCUT2D eigenvalue weighted by Gasteiger charge is -2.34. The zero-order valence-electron chi connectivity index (χ0n) is 18.5. The van der Waals surface area contributed by atoms with Gasteiger partial charge in [0.2, 0.25) is 0 Å². The Morgan fingerprint density at radius 1 is 1.13 bits per heavy atom. The monoisotopic (exact) mass is 438 g/mol. The molecule has 0 N–H and O–H groups in total. The highest BCUT2D eigenvalue weighted by atomic mass is 32.1. The Morgan fingerprint density at radius 2 is 1.87 bits per heavy atom. The first kappa shape index (κ1) is 21.6. The van der Waals surface area contributed by atoms with Crippen LogP contribution in [0.5, 0.6) is 5.75 Å². The van der Waals surface area contributed by atoms with Crippen LogP contribution in [0.1, 0.15) is 46.1 Å². The summed E-state index contributed by atoms with van der Waals surface area (Å²) in [5.41, 5.74) is 3.55. The van der Waals surface area contributed by atoms with Gasteiger partial charge in [-0.3, -0.25) is 14.4 Å². The van der Waals surface area contributed by atoms with Gasteiger partial charge in [-0.05, 0) is 35.1 Å². The van der Waals surface area contributed by atoms with E-state index in [1.807, 2.05) is 52.6 Å². The van der Waals surface area contributed by atoms with Gasteiger partial charge in [0.1, 0.15) is 12.4 Å². The molecule has 1 amide bonds. The molecule has 1 saturated heterocycles. The second-order valence-corrected chi connectivity index (χ2v) is 9.33. The molecule has 1 aliphatic heterocycles. The van der Waals surface area contributed by atoms with Crippen LogP contribution in [0, 0.1) is 0 Å². The van der Waals surface area contributed by atoms with Gasteiger partial charge < -0.3 is 9.64 Å². The Morgan fingerprint density at radius 3 is 2.52 bits per heavy atom. The fourth-order valence-corrected chi connectivity index (χ4v) is 4.62. The maximum atomic E-state index is 12.9. The van der Waals surface area contributed by atoms with Crippen molar-refractivity contribution in [1.29, 1.82) is 0 Å². The Hall–Kier alpha value is -2.64. The molecule has 1 aliphatic rings. The summed E-state index contributed by atoms with van der Waals surface area (Å²) >= 11 is 1.50. The maximum absolute atomic E-state index is 12.9. The summed E-state index contributed by atoms with van der Waals surface area (Å²) < 4.78 is 7.73. The van der Waals surface area contributed by atoms with Gasteiger partial charge in [-0.1, -0.05) is 26.0 Å². The van der Waals surface area contributed by atoms with Crippen LogP contribution >= 0.6 is 11.3 Å². The third-order valence-corrected chi connectivity index (χ3v) is 6.61. The van der Waals surface area contributed by atoms with Crippen molar-refractivity contribution >= 4 is 17.2 Å². The molecule has 0 spiro atoms. The van der Waals surface area contributed by atoms with Gasteiger partial charge in [-0.15, -0.1) is 11.3 Å². The van der Waals surface area contributed by atoms with Crippen LogP contribution in [0.2, 0.25) is 0 Å². The smallest absolute Gasteiger partial charge is 0.264 e. The van der Waals surface area contributed by atoms with Crippen molar-refractivity contribution in [2.24, 2.45) is 7.05 Å². The lowest BCUT2D eigenvalue weighted by atomic mass is 10.0. The summed E-state index contributed by atoms with van der Waals surface area (Å²) in [6, 6.07) is 10.2. The average molecular weight is 439 g/mol. The van der Waals surface area contributed by atoms with Gasteiger partial charge in [-0.2, -0.15) is 5.10 Å². The third kappa shape index (κ3) is 5.54. The van der Waals surface area contributed by atoms with E-state index >= 15 is 0 Å². The number of hydrogen-bond donors (Lipinski definition) is 0. The van der Waals surface area contributed by atoms with E-state index in [1.165, 1.54) is 22.5 Å². The Bertz CT molecular complexity index is 1000. The van der Waals surface area contributed by atoms with E-state index < -0.39 is 0 Å². The Kier molecular flexibility index (Phi) is 6.73. The Labute approximate surface area is 188 Å². The van der Waals surface area contributed by atoms with Crippen molar-refractivity contribution in [3.63, 3.8) is 0 Å². The summed E-state index contributed by atoms with van der Waals surface area (Å²) in [5.74, 6) is 1.49. The Balaban J connectivity index is 1.26. The largest absolute Gasteiger partial charge is 0.489 e. The predicted octanol–water partition coefficient (Wildman–Crippen LogP) is 4.14. The number of benzene rings is 1. The van der Waals surface area contributed by atoms with Crippen LogP contribution < -0.4 is 4.74 Å². The van der Waals surface area contributed by atoms with Crippen molar-refractivity contribution in [2.45, 2.75) is 32.9 Å². The van der Waals surface area contributed by atoms with Gasteiger partial charge in [0.25, 0.3) is 5.91 Å². The van der Waals surface area contributed by atoms with Crippen LogP contribution in [0.3, 0.4) is 0 Å². The topological polar surface area (TPSA) is 50.6 Å². The molecule has 0 unspecified atom stereocenters. The predicted molar refractivity (Wildman–Crippen MR) is 124 cm³/mol. The second-order valence-electron chi connectivity index (χ2n) is 8.42. The fourth-order valence-electron chi connectivity index (χ4n) is 3.76. The fraction of sp³-hybridized carbons (Fsp3) is 0.417. The van der Waals surface area contributed by atoms with E-state index in [-0.39, 0.29) is 5.91 Å². The van der Waals surface area contributed by atoms with Crippen molar-refractivity contribution in [2.75, 3.05) is 26.2 Å². The number of piperazine rings is 1. The van der Waals surface area contributed by atoms with Gasteiger partial charge in [0.05, 0.1) is 11.1 Å². The number of rotatable bonds is 7. The zero-order chi connectivity index (χ0) is 21.8. The average Bonchev–Trinajstić information content (AvgIpc) is 3.41. The summed E-state index contributed by atoms with van der Waals surface area (Å²) in [6.45, 7) is 9.00. The van der Waals surface area contributed by atoms with Crippen molar-refractivity contribution in [1.82, 2.24) is 19.6 Å². The van der Waals surface area contributed by atoms with Crippen LogP contribution in [0.25, 0.3) is 0 Å². The summed E-state index contributed by atoms with van der Waals surface area (Å²) in [7, 11) is 1.93. The molecular weight excluding hydrogens is 408 g/mol. The van der Waals surface area contributed by atoms with Crippen LogP contribution in [0.4, 0.5) is 0 Å². The molecule has 0 aliphatic carbocycles. The van der Waals surface area contributed by atoms with Gasteiger partial charge in [0, 0.05) is 57.1 Å². The number of hydrogen-bond acceptors (Lipinski definition) is 5. The molecule has 2 aromatic heterocycles. The van der Waals surface area contributed by atoms with Crippen LogP contribution in [0.15, 0.2) is 48.1 Å². The molecule has 1 aromatic carbocycles. The number of nitrogens with zero attached hydrogens (tertiary/aromatic N) is 4. The summed E-state index contributed by atoms with van der Waals surface area (Å²) in [4.78, 5) is 18.0. The third-order valence-electron chi connectivity index (χ3n) is 5.64. The minimum atomic E-state index is 0.124. The molecule has 0 atom stereocenters. The van der Waals surface area contributed by atoms with Crippen LogP contribution in [-0.2, 0) is 20.2 Å².